The standard InChI is InChI=1S/C23H28N2O3/c1-16-7-11-20(12-8-16)24-23(27)19-9-13-21(14-10-19)28-15-22(26)25-17(2)5-4-6-18(25)3/h7-14,17-18H,4-6,15H2,1-3H3,(H,24,27). The van der Waals surface area contributed by atoms with Gasteiger partial charge in [-0.2, -0.15) is 0 Å². The number of hydrogen-bond acceptors (Lipinski definition) is 3. The Morgan fingerprint density at radius 3 is 2.21 bits per heavy atom. The molecule has 1 saturated heterocycles. The summed E-state index contributed by atoms with van der Waals surface area (Å²) < 4.78 is 5.66. The van der Waals surface area contributed by atoms with Crippen LogP contribution >= 0.6 is 0 Å². The maximum atomic E-state index is 12.5. The number of hydrogen-bond donors (Lipinski definition) is 1. The molecule has 148 valence electrons. The van der Waals surface area contributed by atoms with Crippen LogP contribution < -0.4 is 10.1 Å². The lowest BCUT2D eigenvalue weighted by molar-refractivity contribution is -0.139. The minimum atomic E-state index is -0.178. The summed E-state index contributed by atoms with van der Waals surface area (Å²) in [5.74, 6) is 0.417. The van der Waals surface area contributed by atoms with Gasteiger partial charge in [0.25, 0.3) is 11.8 Å². The van der Waals surface area contributed by atoms with Gasteiger partial charge in [0, 0.05) is 23.3 Å². The van der Waals surface area contributed by atoms with Gasteiger partial charge < -0.3 is 15.0 Å². The molecule has 5 nitrogen and oxygen atoms in total. The van der Waals surface area contributed by atoms with Gasteiger partial charge in [-0.1, -0.05) is 17.7 Å². The van der Waals surface area contributed by atoms with Crippen molar-refractivity contribution >= 4 is 17.5 Å². The van der Waals surface area contributed by atoms with Crippen LogP contribution in [0.25, 0.3) is 0 Å². The lowest BCUT2D eigenvalue weighted by Crippen LogP contribution is -2.49. The van der Waals surface area contributed by atoms with Crippen molar-refractivity contribution in [3.8, 4) is 5.75 Å². The van der Waals surface area contributed by atoms with Crippen molar-refractivity contribution in [2.45, 2.75) is 52.1 Å². The van der Waals surface area contributed by atoms with Crippen molar-refractivity contribution in [1.29, 1.82) is 0 Å². The second-order valence-corrected chi connectivity index (χ2v) is 7.56. The number of rotatable bonds is 5. The molecule has 28 heavy (non-hydrogen) atoms. The highest BCUT2D eigenvalue weighted by molar-refractivity contribution is 6.04. The van der Waals surface area contributed by atoms with Crippen LogP contribution in [-0.2, 0) is 4.79 Å². The summed E-state index contributed by atoms with van der Waals surface area (Å²) in [6.45, 7) is 6.20. The molecule has 0 bridgehead atoms. The molecule has 0 spiro atoms. The highest BCUT2D eigenvalue weighted by Gasteiger charge is 2.28. The fraction of sp³-hybridized carbons (Fsp3) is 0.391. The third kappa shape index (κ3) is 4.91. The van der Waals surface area contributed by atoms with E-state index in [9.17, 15) is 9.59 Å². The summed E-state index contributed by atoms with van der Waals surface area (Å²) in [5.41, 5.74) is 2.44. The van der Waals surface area contributed by atoms with Crippen molar-refractivity contribution in [3.05, 3.63) is 59.7 Å². The minimum absolute atomic E-state index is 0.0147. The Balaban J connectivity index is 1.54. The zero-order chi connectivity index (χ0) is 20.1. The molecule has 0 radical (unpaired) electrons. The van der Waals surface area contributed by atoms with Gasteiger partial charge in [-0.3, -0.25) is 9.59 Å². The third-order valence-electron chi connectivity index (χ3n) is 5.27. The van der Waals surface area contributed by atoms with E-state index in [-0.39, 0.29) is 30.5 Å². The molecule has 1 fully saturated rings. The maximum Gasteiger partial charge on any atom is 0.260 e. The van der Waals surface area contributed by atoms with Crippen LogP contribution in [0.1, 0.15) is 49.0 Å². The van der Waals surface area contributed by atoms with Crippen LogP contribution in [0.2, 0.25) is 0 Å². The molecule has 0 saturated carbocycles. The topological polar surface area (TPSA) is 58.6 Å². The third-order valence-corrected chi connectivity index (χ3v) is 5.27. The molecular weight excluding hydrogens is 352 g/mol. The number of carbonyl (C=O) groups is 2. The number of ether oxygens (including phenoxy) is 1. The number of anilines is 1. The molecule has 2 atom stereocenters. The monoisotopic (exact) mass is 380 g/mol. The molecule has 1 heterocycles. The van der Waals surface area contributed by atoms with Crippen molar-refractivity contribution in [1.82, 2.24) is 4.90 Å². The molecule has 1 aliphatic heterocycles. The molecule has 2 unspecified atom stereocenters. The maximum absolute atomic E-state index is 12.5. The number of nitrogens with zero attached hydrogens (tertiary/aromatic N) is 1. The smallest absolute Gasteiger partial charge is 0.260 e. The van der Waals surface area contributed by atoms with E-state index in [4.69, 9.17) is 4.74 Å². The highest BCUT2D eigenvalue weighted by Crippen LogP contribution is 2.23. The number of carbonyl (C=O) groups excluding carboxylic acids is 2. The lowest BCUT2D eigenvalue weighted by atomic mass is 9.97. The van der Waals surface area contributed by atoms with Crippen LogP contribution in [0.15, 0.2) is 48.5 Å². The number of likely N-dealkylation sites (tertiary alicyclic amines) is 1. The normalized spacial score (nSPS) is 19.2. The molecule has 2 aromatic rings. The summed E-state index contributed by atoms with van der Waals surface area (Å²) >= 11 is 0. The summed E-state index contributed by atoms with van der Waals surface area (Å²) in [5, 5.41) is 2.87. The second-order valence-electron chi connectivity index (χ2n) is 7.56. The molecule has 0 aromatic heterocycles. The average molecular weight is 380 g/mol. The Bertz CT molecular complexity index is 805. The largest absolute Gasteiger partial charge is 0.484 e. The number of aryl methyl sites for hydroxylation is 1. The first kappa shape index (κ1) is 19.9. The number of amides is 2. The molecule has 2 amide bonds. The molecule has 0 aliphatic carbocycles. The van der Waals surface area contributed by atoms with Gasteiger partial charge in [-0.25, -0.2) is 0 Å². The SMILES string of the molecule is Cc1ccc(NC(=O)c2ccc(OCC(=O)N3C(C)CCCC3C)cc2)cc1. The zero-order valence-electron chi connectivity index (χ0n) is 16.8. The van der Waals surface area contributed by atoms with E-state index < -0.39 is 0 Å². The fourth-order valence-electron chi connectivity index (χ4n) is 3.68. The Labute approximate surface area is 166 Å². The van der Waals surface area contributed by atoms with Crippen molar-refractivity contribution in [3.63, 3.8) is 0 Å². The van der Waals surface area contributed by atoms with Crippen LogP contribution in [0.4, 0.5) is 5.69 Å². The van der Waals surface area contributed by atoms with Crippen molar-refractivity contribution in [2.24, 2.45) is 0 Å². The first-order valence-electron chi connectivity index (χ1n) is 9.86. The summed E-state index contributed by atoms with van der Waals surface area (Å²) in [4.78, 5) is 26.8. The Morgan fingerprint density at radius 2 is 1.61 bits per heavy atom. The predicted octanol–water partition coefficient (Wildman–Crippen LogP) is 4.42. The summed E-state index contributed by atoms with van der Waals surface area (Å²) in [7, 11) is 0. The van der Waals surface area contributed by atoms with Crippen LogP contribution in [0, 0.1) is 6.92 Å². The van der Waals surface area contributed by atoms with Gasteiger partial charge in [0.05, 0.1) is 0 Å². The molecule has 5 heteroatoms. The van der Waals surface area contributed by atoms with E-state index >= 15 is 0 Å². The fourth-order valence-corrected chi connectivity index (χ4v) is 3.68. The quantitative estimate of drug-likeness (QED) is 0.836. The van der Waals surface area contributed by atoms with Gasteiger partial charge in [-0.15, -0.1) is 0 Å². The second kappa shape index (κ2) is 8.91. The van der Waals surface area contributed by atoms with Crippen molar-refractivity contribution in [2.75, 3.05) is 11.9 Å². The molecular formula is C23H28N2O3. The number of benzene rings is 2. The molecule has 1 aliphatic rings. The Hall–Kier alpha value is -2.82. The van der Waals surface area contributed by atoms with Crippen LogP contribution in [-0.4, -0.2) is 35.4 Å². The van der Waals surface area contributed by atoms with E-state index in [0.717, 1.165) is 24.1 Å². The highest BCUT2D eigenvalue weighted by atomic mass is 16.5. The van der Waals surface area contributed by atoms with E-state index in [1.807, 2.05) is 36.1 Å². The van der Waals surface area contributed by atoms with E-state index in [0.29, 0.717) is 11.3 Å². The number of nitrogens with one attached hydrogen (secondary N) is 1. The van der Waals surface area contributed by atoms with Crippen molar-refractivity contribution < 1.29 is 14.3 Å². The van der Waals surface area contributed by atoms with Gasteiger partial charge in [0.2, 0.25) is 0 Å². The minimum Gasteiger partial charge on any atom is -0.484 e. The summed E-state index contributed by atoms with van der Waals surface area (Å²) in [6, 6.07) is 15.0. The Morgan fingerprint density at radius 1 is 1.00 bits per heavy atom. The van der Waals surface area contributed by atoms with Gasteiger partial charge in [-0.05, 0) is 76.4 Å². The molecule has 3 rings (SSSR count). The van der Waals surface area contributed by atoms with E-state index in [1.54, 1.807) is 24.3 Å². The zero-order valence-corrected chi connectivity index (χ0v) is 16.8. The lowest BCUT2D eigenvalue weighted by Gasteiger charge is -2.38. The first-order chi connectivity index (χ1) is 13.4. The summed E-state index contributed by atoms with van der Waals surface area (Å²) in [6.07, 6.45) is 3.25. The first-order valence-corrected chi connectivity index (χ1v) is 9.86. The molecule has 2 aromatic carbocycles. The van der Waals surface area contributed by atoms with E-state index in [1.165, 1.54) is 6.42 Å². The predicted molar refractivity (Wildman–Crippen MR) is 111 cm³/mol. The van der Waals surface area contributed by atoms with Gasteiger partial charge in [0.15, 0.2) is 6.61 Å². The van der Waals surface area contributed by atoms with E-state index in [2.05, 4.69) is 19.2 Å². The number of piperidine rings is 1. The Kier molecular flexibility index (Phi) is 6.34. The van der Waals surface area contributed by atoms with Crippen LogP contribution in [0.5, 0.6) is 5.75 Å². The van der Waals surface area contributed by atoms with Gasteiger partial charge in [0.1, 0.15) is 5.75 Å². The van der Waals surface area contributed by atoms with Crippen LogP contribution in [0.3, 0.4) is 0 Å². The molecule has 1 N–H and O–H groups in total. The average Bonchev–Trinajstić information content (AvgIpc) is 2.68. The van der Waals surface area contributed by atoms with Gasteiger partial charge >= 0.3 is 0 Å².